The molecule has 0 radical (unpaired) electrons. The van der Waals surface area contributed by atoms with Crippen molar-refractivity contribution in [3.05, 3.63) is 0 Å². The highest BCUT2D eigenvalue weighted by molar-refractivity contribution is 5.68. The molecular formula is C10H20N3O3+. The molecule has 0 saturated carbocycles. The maximum Gasteiger partial charge on any atom is 0.410 e. The Labute approximate surface area is 95.4 Å². The maximum atomic E-state index is 11.7. The van der Waals surface area contributed by atoms with E-state index in [1.165, 1.54) is 0 Å². The maximum absolute atomic E-state index is 11.7. The van der Waals surface area contributed by atoms with Crippen molar-refractivity contribution in [2.24, 2.45) is 5.11 Å². The van der Waals surface area contributed by atoms with Gasteiger partial charge in [-0.05, 0) is 25.9 Å². The molecule has 6 heteroatoms. The van der Waals surface area contributed by atoms with Gasteiger partial charge in [-0.15, -0.1) is 0 Å². The Morgan fingerprint density at radius 2 is 2.31 bits per heavy atom. The van der Waals surface area contributed by atoms with E-state index in [2.05, 4.69) is 5.11 Å². The van der Waals surface area contributed by atoms with E-state index in [1.807, 2.05) is 20.8 Å². The van der Waals surface area contributed by atoms with Gasteiger partial charge in [0.1, 0.15) is 18.2 Å². The molecule has 1 fully saturated rings. The highest BCUT2D eigenvalue weighted by Crippen LogP contribution is 2.13. The van der Waals surface area contributed by atoms with Crippen LogP contribution in [0.4, 0.5) is 4.79 Å². The predicted molar refractivity (Wildman–Crippen MR) is 56.8 cm³/mol. The third-order valence-electron chi connectivity index (χ3n) is 2.10. The lowest BCUT2D eigenvalue weighted by Gasteiger charge is -2.33. The number of carbonyl (C=O) groups excluding carboxylic acids is 1. The van der Waals surface area contributed by atoms with Gasteiger partial charge in [0.15, 0.2) is 0 Å². The summed E-state index contributed by atoms with van der Waals surface area (Å²) in [6, 6.07) is 0. The van der Waals surface area contributed by atoms with Crippen LogP contribution in [0.2, 0.25) is 0 Å². The molecule has 1 heterocycles. The summed E-state index contributed by atoms with van der Waals surface area (Å²) in [5, 5.41) is 3.52. The van der Waals surface area contributed by atoms with E-state index in [1.54, 1.807) is 4.90 Å². The zero-order valence-corrected chi connectivity index (χ0v) is 10.1. The van der Waals surface area contributed by atoms with Crippen molar-refractivity contribution in [2.75, 3.05) is 26.2 Å². The van der Waals surface area contributed by atoms with Gasteiger partial charge in [-0.3, -0.25) is 0 Å². The lowest BCUT2D eigenvalue weighted by Crippen LogP contribution is -2.49. The van der Waals surface area contributed by atoms with Gasteiger partial charge in [-0.1, -0.05) is 0 Å². The molecule has 0 aromatic rings. The minimum absolute atomic E-state index is 0.119. The minimum atomic E-state index is -0.469. The molecule has 0 aromatic carbocycles. The molecule has 16 heavy (non-hydrogen) atoms. The van der Waals surface area contributed by atoms with Crippen molar-refractivity contribution < 1.29 is 19.8 Å². The number of nitrogens with zero attached hydrogens (tertiary/aromatic N) is 2. The quantitative estimate of drug-likeness (QED) is 0.669. The van der Waals surface area contributed by atoms with Crippen molar-refractivity contribution in [3.8, 4) is 0 Å². The summed E-state index contributed by atoms with van der Waals surface area (Å²) >= 11 is 0. The first-order valence-corrected chi connectivity index (χ1v) is 5.38. The van der Waals surface area contributed by atoms with Crippen LogP contribution in [0.15, 0.2) is 5.11 Å². The Bertz CT molecular complexity index is 263. The second kappa shape index (κ2) is 5.25. The molecule has 0 bridgehead atoms. The van der Waals surface area contributed by atoms with E-state index in [0.717, 1.165) is 0 Å². The molecule has 1 rings (SSSR count). The van der Waals surface area contributed by atoms with Gasteiger partial charge < -0.3 is 14.4 Å². The first-order chi connectivity index (χ1) is 7.42. The highest BCUT2D eigenvalue weighted by Gasteiger charge is 2.28. The van der Waals surface area contributed by atoms with Gasteiger partial charge in [0.25, 0.3) is 0 Å². The molecule has 2 N–H and O–H groups in total. The van der Waals surface area contributed by atoms with Crippen LogP contribution in [0.25, 0.3) is 0 Å². The molecule has 1 aliphatic rings. The highest BCUT2D eigenvalue weighted by atomic mass is 16.6. The Kier molecular flexibility index (Phi) is 4.23. The second-order valence-electron chi connectivity index (χ2n) is 4.78. The molecule has 0 aromatic heterocycles. The number of morpholine rings is 1. The summed E-state index contributed by atoms with van der Waals surface area (Å²) in [7, 11) is 0. The third-order valence-corrected chi connectivity index (χ3v) is 2.10. The third kappa shape index (κ3) is 4.14. The van der Waals surface area contributed by atoms with E-state index >= 15 is 0 Å². The Morgan fingerprint density at radius 3 is 2.88 bits per heavy atom. The summed E-state index contributed by atoms with van der Waals surface area (Å²) in [4.78, 5) is 13.4. The molecule has 0 unspecified atom stereocenters. The zero-order valence-electron chi connectivity index (χ0n) is 10.1. The number of nitrogens with two attached hydrogens (primary N) is 1. The van der Waals surface area contributed by atoms with Crippen LogP contribution >= 0.6 is 0 Å². The van der Waals surface area contributed by atoms with Gasteiger partial charge in [-0.2, -0.15) is 5.53 Å². The number of rotatable bonds is 2. The molecule has 1 saturated heterocycles. The number of hydrogen-bond acceptors (Lipinski definition) is 4. The molecule has 0 aliphatic carbocycles. The zero-order chi connectivity index (χ0) is 12.2. The van der Waals surface area contributed by atoms with Crippen LogP contribution in [0.5, 0.6) is 0 Å². The average molecular weight is 230 g/mol. The molecule has 1 atom stereocenters. The molecule has 92 valence electrons. The van der Waals surface area contributed by atoms with Crippen LogP contribution in [0, 0.1) is 0 Å². The molecule has 1 amide bonds. The monoisotopic (exact) mass is 230 g/mol. The smallest absolute Gasteiger partial charge is 0.410 e. The van der Waals surface area contributed by atoms with E-state index in [-0.39, 0.29) is 12.2 Å². The largest absolute Gasteiger partial charge is 0.444 e. The lowest BCUT2D eigenvalue weighted by molar-refractivity contribution is -0.226. The fraction of sp³-hybridized carbons (Fsp3) is 0.900. The van der Waals surface area contributed by atoms with Crippen LogP contribution in [0.3, 0.4) is 0 Å². The fourth-order valence-corrected chi connectivity index (χ4v) is 1.44. The van der Waals surface area contributed by atoms with Gasteiger partial charge >= 0.3 is 6.09 Å². The SMILES string of the molecule is CC(C)(C)OC(=O)N1CCO[C@@H](CN=[NH2+])C1. The van der Waals surface area contributed by atoms with E-state index in [4.69, 9.17) is 15.0 Å². The summed E-state index contributed by atoms with van der Waals surface area (Å²) in [6.45, 7) is 7.47. The Morgan fingerprint density at radius 1 is 1.62 bits per heavy atom. The van der Waals surface area contributed by atoms with E-state index in [9.17, 15) is 4.79 Å². The van der Waals surface area contributed by atoms with Gasteiger partial charge in [-0.25, -0.2) is 4.79 Å². The minimum Gasteiger partial charge on any atom is -0.444 e. The summed E-state index contributed by atoms with van der Waals surface area (Å²) in [5.41, 5.74) is 4.62. The van der Waals surface area contributed by atoms with Crippen molar-refractivity contribution in [1.29, 1.82) is 0 Å². The van der Waals surface area contributed by atoms with Crippen LogP contribution in [-0.4, -0.2) is 48.9 Å². The van der Waals surface area contributed by atoms with Crippen LogP contribution in [-0.2, 0) is 9.47 Å². The van der Waals surface area contributed by atoms with Crippen molar-refractivity contribution >= 4 is 6.09 Å². The number of amides is 1. The fourth-order valence-electron chi connectivity index (χ4n) is 1.44. The number of ether oxygens (including phenoxy) is 2. The number of carbonyl (C=O) groups is 1. The van der Waals surface area contributed by atoms with Crippen molar-refractivity contribution in [3.63, 3.8) is 0 Å². The van der Waals surface area contributed by atoms with Gasteiger partial charge in [0.05, 0.1) is 13.2 Å². The van der Waals surface area contributed by atoms with Crippen LogP contribution < -0.4 is 5.53 Å². The summed E-state index contributed by atoms with van der Waals surface area (Å²) < 4.78 is 10.7. The van der Waals surface area contributed by atoms with Gasteiger partial charge in [0.2, 0.25) is 0 Å². The van der Waals surface area contributed by atoms with Crippen molar-refractivity contribution in [1.82, 2.24) is 4.90 Å². The topological polar surface area (TPSA) is 76.7 Å². The Balaban J connectivity index is 2.47. The lowest BCUT2D eigenvalue weighted by atomic mass is 10.2. The molecular weight excluding hydrogens is 210 g/mol. The Hall–Kier alpha value is -1.17. The number of hydrogen-bond donors (Lipinski definition) is 1. The standard InChI is InChI=1S/C10H19N3O3/c1-10(2,3)16-9(14)13-4-5-15-8(7-13)6-12-11/h8,11H,4-7H2,1-3H3/p+1/t8-/m0/s1. The molecule has 6 nitrogen and oxygen atoms in total. The van der Waals surface area contributed by atoms with Crippen LogP contribution in [0.1, 0.15) is 20.8 Å². The average Bonchev–Trinajstić information content (AvgIpc) is 2.16. The van der Waals surface area contributed by atoms with Gasteiger partial charge in [0, 0.05) is 6.54 Å². The first kappa shape index (κ1) is 12.9. The molecule has 1 aliphatic heterocycles. The predicted octanol–water partition coefficient (Wildman–Crippen LogP) is -0.166. The summed E-state index contributed by atoms with van der Waals surface area (Å²) in [6.07, 6.45) is -0.427. The van der Waals surface area contributed by atoms with E-state index in [0.29, 0.717) is 26.2 Å². The summed E-state index contributed by atoms with van der Waals surface area (Å²) in [5.74, 6) is 0. The first-order valence-electron chi connectivity index (χ1n) is 5.38. The van der Waals surface area contributed by atoms with Crippen molar-refractivity contribution in [2.45, 2.75) is 32.5 Å². The normalized spacial score (nSPS) is 21.7. The molecule has 0 spiro atoms. The van der Waals surface area contributed by atoms with E-state index < -0.39 is 5.60 Å². The second-order valence-corrected chi connectivity index (χ2v) is 4.78.